The summed E-state index contributed by atoms with van der Waals surface area (Å²) in [6.07, 6.45) is 5.18. The number of ether oxygens (including phenoxy) is 1. The maximum Gasteiger partial charge on any atom is 0.309 e. The highest BCUT2D eigenvalue weighted by Gasteiger charge is 2.72. The molecule has 1 heterocycles. The third kappa shape index (κ3) is 8.03. The molecule has 4 N–H and O–H groups in total. The molecule has 4 fully saturated rings. The molecule has 4 aliphatic rings. The van der Waals surface area contributed by atoms with Crippen molar-refractivity contribution in [3.8, 4) is 0 Å². The van der Waals surface area contributed by atoms with E-state index >= 15 is 0 Å². The Morgan fingerprint density at radius 1 is 1.13 bits per heavy atom. The Bertz CT molecular complexity index is 1260. The fourth-order valence-electron chi connectivity index (χ4n) is 6.86. The zero-order valence-corrected chi connectivity index (χ0v) is 28.1. The number of hydrogen-bond donors (Lipinski definition) is 4. The lowest BCUT2D eigenvalue weighted by atomic mass is 9.39. The number of nitrogens with one attached hydrogen (secondary N) is 3. The van der Waals surface area contributed by atoms with E-state index in [-0.39, 0.29) is 53.6 Å². The van der Waals surface area contributed by atoms with Crippen molar-refractivity contribution in [1.82, 2.24) is 25.8 Å². The fourth-order valence-corrected chi connectivity index (χ4v) is 7.70. The molecule has 0 radical (unpaired) electrons. The van der Waals surface area contributed by atoms with Gasteiger partial charge in [-0.25, -0.2) is 4.98 Å². The number of thiazole rings is 1. The van der Waals surface area contributed by atoms with Crippen molar-refractivity contribution in [2.75, 3.05) is 20.6 Å². The molecular weight excluding hydrogens is 598 g/mol. The third-order valence-corrected chi connectivity index (χ3v) is 10.6. The highest BCUT2D eigenvalue weighted by atomic mass is 32.1. The monoisotopic (exact) mass is 647 g/mol. The zero-order chi connectivity index (χ0) is 33.1. The first-order valence-corrected chi connectivity index (χ1v) is 17.0. The van der Waals surface area contributed by atoms with Gasteiger partial charge in [0.05, 0.1) is 5.41 Å². The van der Waals surface area contributed by atoms with E-state index in [1.807, 2.05) is 27.8 Å². The maximum absolute atomic E-state index is 13.9. The number of likely N-dealkylation sites (N-methyl/N-ethyl adjacent to an activating group) is 1. The Labute approximate surface area is 269 Å². The SMILES string of the molecule is CNCCCC[C@@H](C)C(=O)N[C@H](C(=O)N(C)[C@H](C[C@@H](OC(C)=O)c1nc(C(=O)NC23CC(C(=O)O)(C2)C3)cs1)C(C)C)C1CC1. The number of aromatic nitrogens is 1. The first kappa shape index (κ1) is 34.8. The van der Waals surface area contributed by atoms with Crippen molar-refractivity contribution >= 4 is 41.0 Å². The molecule has 5 rings (SSSR count). The van der Waals surface area contributed by atoms with Crippen molar-refractivity contribution in [1.29, 1.82) is 0 Å². The van der Waals surface area contributed by atoms with E-state index in [0.717, 1.165) is 38.6 Å². The molecule has 0 unspecified atom stereocenters. The number of nitrogens with zero attached hydrogens (tertiary/aromatic N) is 2. The molecule has 0 spiro atoms. The molecule has 13 heteroatoms. The highest BCUT2D eigenvalue weighted by molar-refractivity contribution is 7.09. The topological polar surface area (TPSA) is 167 Å². The Morgan fingerprint density at radius 3 is 2.36 bits per heavy atom. The quantitative estimate of drug-likeness (QED) is 0.138. The van der Waals surface area contributed by atoms with Crippen LogP contribution in [0.5, 0.6) is 0 Å². The van der Waals surface area contributed by atoms with Gasteiger partial charge in [-0.05, 0) is 70.4 Å². The van der Waals surface area contributed by atoms with E-state index in [0.29, 0.717) is 24.3 Å². The second-order valence-electron chi connectivity index (χ2n) is 13.8. The molecule has 1 aromatic heterocycles. The normalized spacial score (nSPS) is 24.3. The van der Waals surface area contributed by atoms with E-state index in [4.69, 9.17) is 4.74 Å². The zero-order valence-electron chi connectivity index (χ0n) is 27.3. The van der Waals surface area contributed by atoms with Gasteiger partial charge in [0.25, 0.3) is 5.91 Å². The Hall–Kier alpha value is -3.06. The number of carbonyl (C=O) groups is 5. The molecule has 3 amide bonds. The van der Waals surface area contributed by atoms with Gasteiger partial charge in [0, 0.05) is 43.3 Å². The number of amides is 3. The molecule has 250 valence electrons. The van der Waals surface area contributed by atoms with Crippen LogP contribution >= 0.6 is 11.3 Å². The average molecular weight is 648 g/mol. The van der Waals surface area contributed by atoms with E-state index in [1.54, 1.807) is 17.3 Å². The number of carbonyl (C=O) groups excluding carboxylic acids is 4. The van der Waals surface area contributed by atoms with Gasteiger partial charge < -0.3 is 30.7 Å². The van der Waals surface area contributed by atoms with Crippen LogP contribution in [0.3, 0.4) is 0 Å². The Morgan fingerprint density at radius 2 is 1.80 bits per heavy atom. The van der Waals surface area contributed by atoms with Crippen molar-refractivity contribution in [3.05, 3.63) is 16.1 Å². The number of carboxylic acid groups (broad SMARTS) is 1. The fraction of sp³-hybridized carbons (Fsp3) is 0.750. The van der Waals surface area contributed by atoms with E-state index < -0.39 is 35.0 Å². The molecule has 1 aromatic rings. The lowest BCUT2D eigenvalue weighted by Crippen LogP contribution is -2.77. The molecule has 4 saturated carbocycles. The summed E-state index contributed by atoms with van der Waals surface area (Å²) in [5.41, 5.74) is -1.01. The van der Waals surface area contributed by atoms with Crippen LogP contribution in [0.1, 0.15) is 107 Å². The van der Waals surface area contributed by atoms with Gasteiger partial charge in [-0.1, -0.05) is 27.2 Å². The predicted octanol–water partition coefficient (Wildman–Crippen LogP) is 3.28. The molecule has 0 aromatic carbocycles. The van der Waals surface area contributed by atoms with Crippen molar-refractivity contribution in [2.24, 2.45) is 23.2 Å². The van der Waals surface area contributed by atoms with Gasteiger partial charge in [-0.3, -0.25) is 24.0 Å². The lowest BCUT2D eigenvalue weighted by Gasteiger charge is -2.67. The summed E-state index contributed by atoms with van der Waals surface area (Å²) in [6, 6.07) is -0.948. The summed E-state index contributed by atoms with van der Waals surface area (Å²) >= 11 is 1.20. The first-order chi connectivity index (χ1) is 21.2. The van der Waals surface area contributed by atoms with Crippen molar-refractivity contribution in [2.45, 2.75) is 109 Å². The second-order valence-corrected chi connectivity index (χ2v) is 14.7. The van der Waals surface area contributed by atoms with Gasteiger partial charge in [0.15, 0.2) is 6.10 Å². The summed E-state index contributed by atoms with van der Waals surface area (Å²) in [5, 5.41) is 20.5. The van der Waals surface area contributed by atoms with Gasteiger partial charge in [-0.2, -0.15) is 0 Å². The Balaban J connectivity index is 1.41. The van der Waals surface area contributed by atoms with Crippen LogP contribution in [0.15, 0.2) is 5.38 Å². The number of rotatable bonds is 18. The summed E-state index contributed by atoms with van der Waals surface area (Å²) in [4.78, 5) is 69.7. The van der Waals surface area contributed by atoms with Crippen LogP contribution in [0, 0.1) is 23.2 Å². The lowest BCUT2D eigenvalue weighted by molar-refractivity contribution is -0.196. The average Bonchev–Trinajstić information content (AvgIpc) is 3.66. The molecular formula is C32H49N5O7S. The van der Waals surface area contributed by atoms with Gasteiger partial charge in [-0.15, -0.1) is 11.3 Å². The molecule has 12 nitrogen and oxygen atoms in total. The summed E-state index contributed by atoms with van der Waals surface area (Å²) in [7, 11) is 3.64. The largest absolute Gasteiger partial charge is 0.481 e. The Kier molecular flexibility index (Phi) is 10.9. The van der Waals surface area contributed by atoms with E-state index in [1.165, 1.54) is 18.3 Å². The number of carboxylic acids is 1. The molecule has 45 heavy (non-hydrogen) atoms. The van der Waals surface area contributed by atoms with Crippen LogP contribution in [0.25, 0.3) is 0 Å². The maximum atomic E-state index is 13.9. The minimum Gasteiger partial charge on any atom is -0.481 e. The standard InChI is InChI=1S/C32H49N5O7S/c1-18(2)23(37(6)29(41)25(21-10-11-21)35-26(39)19(3)9-7-8-12-33-5)13-24(44-20(4)38)28-34-22(14-45-28)27(40)36-32-15-31(16-32,17-32)30(42)43/h14,18-19,21,23-25,33H,7-13,15-17H2,1-6H3,(H,35,39)(H,36,40)(H,42,43)/t19-,23-,24-,25+,31?,32?/m1/s1. The highest BCUT2D eigenvalue weighted by Crippen LogP contribution is 2.67. The van der Waals surface area contributed by atoms with Crippen molar-refractivity contribution < 1.29 is 33.8 Å². The van der Waals surface area contributed by atoms with Crippen LogP contribution in [0.2, 0.25) is 0 Å². The van der Waals surface area contributed by atoms with Crippen LogP contribution in [-0.2, 0) is 23.9 Å². The summed E-state index contributed by atoms with van der Waals surface area (Å²) < 4.78 is 5.69. The smallest absolute Gasteiger partial charge is 0.309 e. The van der Waals surface area contributed by atoms with Gasteiger partial charge in [0.1, 0.15) is 16.7 Å². The molecule has 4 atom stereocenters. The molecule has 2 bridgehead atoms. The number of hydrogen-bond acceptors (Lipinski definition) is 9. The minimum absolute atomic E-state index is 0.00720. The first-order valence-electron chi connectivity index (χ1n) is 16.1. The van der Waals surface area contributed by atoms with E-state index in [9.17, 15) is 29.1 Å². The minimum atomic E-state index is -0.821. The third-order valence-electron chi connectivity index (χ3n) is 9.69. The predicted molar refractivity (Wildman–Crippen MR) is 168 cm³/mol. The molecule has 0 aliphatic heterocycles. The van der Waals surface area contributed by atoms with Crippen LogP contribution < -0.4 is 16.0 Å². The van der Waals surface area contributed by atoms with Crippen molar-refractivity contribution in [3.63, 3.8) is 0 Å². The summed E-state index contributed by atoms with van der Waals surface area (Å²) in [6.45, 7) is 8.10. The number of unbranched alkanes of at least 4 members (excludes halogenated alkanes) is 1. The van der Waals surface area contributed by atoms with Gasteiger partial charge >= 0.3 is 11.9 Å². The second kappa shape index (κ2) is 14.1. The van der Waals surface area contributed by atoms with Crippen LogP contribution in [0.4, 0.5) is 0 Å². The van der Waals surface area contributed by atoms with E-state index in [2.05, 4.69) is 20.9 Å². The van der Waals surface area contributed by atoms with Crippen LogP contribution in [-0.4, -0.2) is 82.9 Å². The number of esters is 1. The number of aliphatic carboxylic acids is 1. The summed E-state index contributed by atoms with van der Waals surface area (Å²) in [5.74, 6) is -2.08. The molecule has 4 aliphatic carbocycles. The van der Waals surface area contributed by atoms with Gasteiger partial charge in [0.2, 0.25) is 11.8 Å². The molecule has 0 saturated heterocycles.